The first-order chi connectivity index (χ1) is 11.6. The van der Waals surface area contributed by atoms with Gasteiger partial charge in [-0.05, 0) is 25.2 Å². The molecule has 2 unspecified atom stereocenters. The molecule has 0 rings (SSSR count). The predicted octanol–water partition coefficient (Wildman–Crippen LogP) is 4.05. The summed E-state index contributed by atoms with van der Waals surface area (Å²) in [6.45, 7) is 8.03. The molecule has 5 nitrogen and oxygen atoms in total. The average Bonchev–Trinajstić information content (AvgIpc) is 2.57. The number of amides is 1. The van der Waals surface area contributed by atoms with Crippen LogP contribution in [0.25, 0.3) is 0 Å². The van der Waals surface area contributed by atoms with Crippen molar-refractivity contribution in [3.8, 4) is 0 Å². The first kappa shape index (κ1) is 23.4. The molecule has 0 saturated heterocycles. The number of carbonyl (C=O) groups is 1. The van der Waals surface area contributed by atoms with Crippen LogP contribution < -0.4 is 10.6 Å². The molecule has 0 aromatic carbocycles. The van der Waals surface area contributed by atoms with Crippen molar-refractivity contribution in [1.29, 1.82) is 0 Å². The second-order valence-electron chi connectivity index (χ2n) is 6.60. The average molecular weight is 349 g/mol. The van der Waals surface area contributed by atoms with Crippen molar-refractivity contribution in [3.05, 3.63) is 0 Å². The molecule has 0 spiro atoms. The fraction of sp³-hybridized carbons (Fsp3) is 0.947. The lowest BCUT2D eigenvalue weighted by Gasteiger charge is -2.20. The van der Waals surface area contributed by atoms with Crippen molar-refractivity contribution in [2.75, 3.05) is 19.7 Å². The quantitative estimate of drug-likeness (QED) is 0.274. The number of hydrogen-bond acceptors (Lipinski definition) is 4. The summed E-state index contributed by atoms with van der Waals surface area (Å²) in [5.74, 6) is 0.587. The van der Waals surface area contributed by atoms with Crippen molar-refractivity contribution in [3.63, 3.8) is 0 Å². The van der Waals surface area contributed by atoms with Gasteiger partial charge in [0.25, 0.3) is 0 Å². The Morgan fingerprint density at radius 2 is 1.71 bits per heavy atom. The molecule has 0 aromatic heterocycles. The summed E-state index contributed by atoms with van der Waals surface area (Å²) in [7, 11) is 0. The molecule has 0 aliphatic heterocycles. The first-order valence-electron chi connectivity index (χ1n) is 9.93. The monoisotopic (exact) mass is 348 g/mol. The van der Waals surface area contributed by atoms with E-state index in [-0.39, 0.29) is 8.76 Å². The predicted molar refractivity (Wildman–Crippen MR) is 104 cm³/mol. The number of unbranched alkanes of at least 4 members (excludes halogenated alkanes) is 4. The van der Waals surface area contributed by atoms with Gasteiger partial charge in [-0.25, -0.2) is 0 Å². The summed E-state index contributed by atoms with van der Waals surface area (Å²) >= 11 is 0. The third kappa shape index (κ3) is 14.9. The Hall–Kier alpha value is -0.650. The van der Waals surface area contributed by atoms with Crippen LogP contribution in [0.3, 0.4) is 0 Å². The van der Waals surface area contributed by atoms with Crippen LogP contribution in [0.5, 0.6) is 0 Å². The van der Waals surface area contributed by atoms with E-state index >= 15 is 0 Å². The lowest BCUT2D eigenvalue weighted by Crippen LogP contribution is -2.39. The molecule has 148 valence electrons. The Balaban J connectivity index is -0.00000264. The highest BCUT2D eigenvalue weighted by Crippen LogP contribution is 2.18. The van der Waals surface area contributed by atoms with Crippen LogP contribution in [0.1, 0.15) is 87.8 Å². The fourth-order valence-electron chi connectivity index (χ4n) is 2.66. The smallest absolute Gasteiger partial charge is 0.220 e. The second-order valence-corrected chi connectivity index (χ2v) is 6.60. The summed E-state index contributed by atoms with van der Waals surface area (Å²) in [6.07, 6.45) is 10.3. The van der Waals surface area contributed by atoms with Gasteiger partial charge >= 0.3 is 0 Å². The maximum atomic E-state index is 11.3. The van der Waals surface area contributed by atoms with Crippen molar-refractivity contribution < 1.29 is 17.5 Å². The lowest BCUT2D eigenvalue weighted by atomic mass is 9.96. The van der Waals surface area contributed by atoms with Gasteiger partial charge in [-0.3, -0.25) is 10.1 Å². The third-order valence-corrected chi connectivity index (χ3v) is 4.16. The van der Waals surface area contributed by atoms with Crippen molar-refractivity contribution in [2.24, 2.45) is 5.92 Å². The van der Waals surface area contributed by atoms with Crippen LogP contribution in [0, 0.1) is 5.92 Å². The number of aliphatic hydroxyl groups excluding tert-OH is 1. The zero-order valence-electron chi connectivity index (χ0n) is 16.1. The molecule has 0 aromatic rings. The number of aliphatic hydroxyl groups is 1. The van der Waals surface area contributed by atoms with Gasteiger partial charge in [-0.1, -0.05) is 59.3 Å². The topological polar surface area (TPSA) is 70.6 Å². The van der Waals surface area contributed by atoms with Gasteiger partial charge in [0, 0.05) is 22.4 Å². The summed E-state index contributed by atoms with van der Waals surface area (Å²) in [6, 6.07) is 0. The van der Waals surface area contributed by atoms with Crippen LogP contribution in [0.2, 0.25) is 0 Å². The van der Waals surface area contributed by atoms with Gasteiger partial charge in [0.2, 0.25) is 12.3 Å². The van der Waals surface area contributed by atoms with Gasteiger partial charge in [0.15, 0.2) is 0 Å². The van der Waals surface area contributed by atoms with Crippen molar-refractivity contribution in [2.45, 2.75) is 91.4 Å². The van der Waals surface area contributed by atoms with E-state index in [9.17, 15) is 9.90 Å². The highest BCUT2D eigenvalue weighted by molar-refractivity contribution is 5.75. The largest absolute Gasteiger partial charge is 0.356 e. The standard InChI is InChI=1S/C19H40N2O3.2H2/c1-4-7-9-10-13-17(12-8-5-2)16-24-19(23)21-15-14-20-18(22)11-6-3;;/h17,19,21,23H,4-16H2,1-3H3,(H,20,22);2*1H. The Bertz CT molecular complexity index is 298. The maximum absolute atomic E-state index is 11.3. The van der Waals surface area contributed by atoms with E-state index in [4.69, 9.17) is 4.74 Å². The van der Waals surface area contributed by atoms with Gasteiger partial charge in [-0.2, -0.15) is 0 Å². The summed E-state index contributed by atoms with van der Waals surface area (Å²) in [5.41, 5.74) is 0. The highest BCUT2D eigenvalue weighted by Gasteiger charge is 2.11. The van der Waals surface area contributed by atoms with Gasteiger partial charge in [0.05, 0.1) is 6.61 Å². The minimum atomic E-state index is -0.951. The maximum Gasteiger partial charge on any atom is 0.220 e. The van der Waals surface area contributed by atoms with Crippen molar-refractivity contribution in [1.82, 2.24) is 10.6 Å². The zero-order valence-corrected chi connectivity index (χ0v) is 16.1. The molecule has 3 N–H and O–H groups in total. The summed E-state index contributed by atoms with van der Waals surface area (Å²) in [5, 5.41) is 15.5. The molecule has 0 aliphatic carbocycles. The molecular weight excluding hydrogens is 304 g/mol. The minimum Gasteiger partial charge on any atom is -0.356 e. The minimum absolute atomic E-state index is 0. The van der Waals surface area contributed by atoms with Crippen LogP contribution in [0.4, 0.5) is 0 Å². The summed E-state index contributed by atoms with van der Waals surface area (Å²) in [4.78, 5) is 11.3. The normalized spacial score (nSPS) is 13.7. The second kappa shape index (κ2) is 17.2. The number of rotatable bonds is 17. The van der Waals surface area contributed by atoms with Crippen LogP contribution in [-0.2, 0) is 9.53 Å². The van der Waals surface area contributed by atoms with E-state index in [1.54, 1.807) is 0 Å². The van der Waals surface area contributed by atoms with E-state index in [1.165, 1.54) is 51.4 Å². The molecule has 0 aliphatic rings. The van der Waals surface area contributed by atoms with E-state index < -0.39 is 6.41 Å². The Labute approximate surface area is 151 Å². The first-order valence-corrected chi connectivity index (χ1v) is 9.93. The molecule has 0 fully saturated rings. The molecule has 0 heterocycles. The molecule has 0 bridgehead atoms. The van der Waals surface area contributed by atoms with E-state index in [2.05, 4.69) is 24.5 Å². The Morgan fingerprint density at radius 1 is 1.00 bits per heavy atom. The van der Waals surface area contributed by atoms with E-state index in [1.807, 2.05) is 6.92 Å². The molecule has 1 amide bonds. The zero-order chi connectivity index (χ0) is 18.0. The third-order valence-electron chi connectivity index (χ3n) is 4.16. The SMILES string of the molecule is CCCCCCC(CCCC)COC(O)NCCNC(=O)CCC.[HH].[HH]. The van der Waals surface area contributed by atoms with Gasteiger partial charge in [-0.15, -0.1) is 0 Å². The molecule has 0 radical (unpaired) electrons. The summed E-state index contributed by atoms with van der Waals surface area (Å²) < 4.78 is 5.54. The van der Waals surface area contributed by atoms with Crippen LogP contribution in [-0.4, -0.2) is 37.1 Å². The molecule has 0 saturated carbocycles. The highest BCUT2D eigenvalue weighted by atomic mass is 16.6. The van der Waals surface area contributed by atoms with Gasteiger partial charge < -0.3 is 15.2 Å². The van der Waals surface area contributed by atoms with Crippen molar-refractivity contribution >= 4 is 5.91 Å². The Kier molecular flexibility index (Phi) is 16.7. The molecule has 5 heteroatoms. The van der Waals surface area contributed by atoms with Crippen LogP contribution in [0.15, 0.2) is 0 Å². The van der Waals surface area contributed by atoms with Gasteiger partial charge in [0.1, 0.15) is 0 Å². The number of nitrogens with one attached hydrogen (secondary N) is 2. The Morgan fingerprint density at radius 3 is 2.38 bits per heavy atom. The lowest BCUT2D eigenvalue weighted by molar-refractivity contribution is -0.131. The van der Waals surface area contributed by atoms with E-state index in [0.717, 1.165) is 6.42 Å². The molecule has 2 atom stereocenters. The number of ether oxygens (including phenoxy) is 1. The van der Waals surface area contributed by atoms with E-state index in [0.29, 0.717) is 32.0 Å². The fourth-order valence-corrected chi connectivity index (χ4v) is 2.66. The number of hydrogen-bond donors (Lipinski definition) is 3. The number of carbonyl (C=O) groups excluding carboxylic acids is 1. The van der Waals surface area contributed by atoms with Crippen LogP contribution >= 0.6 is 0 Å². The molecular formula is C19H44N2O3. The molecule has 24 heavy (non-hydrogen) atoms.